The summed E-state index contributed by atoms with van der Waals surface area (Å²) < 4.78 is 16.4. The summed E-state index contributed by atoms with van der Waals surface area (Å²) in [5.41, 5.74) is 10.6. The Balaban J connectivity index is 1.79. The lowest BCUT2D eigenvalue weighted by Crippen LogP contribution is -2.23. The molecule has 0 atom stereocenters. The summed E-state index contributed by atoms with van der Waals surface area (Å²) in [5.74, 6) is 2.20. The van der Waals surface area contributed by atoms with Crippen molar-refractivity contribution >= 4 is 11.6 Å². The Labute approximate surface area is 153 Å². The van der Waals surface area contributed by atoms with Gasteiger partial charge in [0.2, 0.25) is 0 Å². The second-order valence-electron chi connectivity index (χ2n) is 6.41. The van der Waals surface area contributed by atoms with Crippen LogP contribution in [0.15, 0.2) is 28.2 Å². The van der Waals surface area contributed by atoms with Gasteiger partial charge >= 0.3 is 0 Å². The van der Waals surface area contributed by atoms with E-state index in [4.69, 9.17) is 19.6 Å². The van der Waals surface area contributed by atoms with E-state index in [1.165, 1.54) is 0 Å². The number of furan rings is 1. The normalized spacial score (nSPS) is 13.4. The van der Waals surface area contributed by atoms with Gasteiger partial charge in [0.25, 0.3) is 5.91 Å². The third-order valence-electron chi connectivity index (χ3n) is 4.82. The zero-order valence-corrected chi connectivity index (χ0v) is 15.6. The fourth-order valence-electron chi connectivity index (χ4n) is 3.22. The molecule has 0 spiro atoms. The van der Waals surface area contributed by atoms with Crippen LogP contribution in [-0.2, 0) is 13.0 Å². The first-order chi connectivity index (χ1) is 12.5. The number of fused-ring (bicyclic) bond motifs is 1. The van der Waals surface area contributed by atoms with E-state index in [-0.39, 0.29) is 5.91 Å². The Morgan fingerprint density at radius 1 is 1.23 bits per heavy atom. The molecule has 6 nitrogen and oxygen atoms in total. The maximum atomic E-state index is 12.6. The molecule has 6 heteroatoms. The minimum Gasteiger partial charge on any atom is -0.497 e. The summed E-state index contributed by atoms with van der Waals surface area (Å²) in [5, 5.41) is 2.89. The molecule has 0 fully saturated rings. The highest BCUT2D eigenvalue weighted by atomic mass is 16.5. The molecule has 0 radical (unpaired) electrons. The van der Waals surface area contributed by atoms with Gasteiger partial charge in [-0.25, -0.2) is 0 Å². The van der Waals surface area contributed by atoms with Gasteiger partial charge in [0.1, 0.15) is 17.3 Å². The van der Waals surface area contributed by atoms with Crippen molar-refractivity contribution in [3.05, 3.63) is 52.0 Å². The van der Waals surface area contributed by atoms with E-state index >= 15 is 0 Å². The Hall–Kier alpha value is -2.89. The highest BCUT2D eigenvalue weighted by Gasteiger charge is 2.26. The number of nitrogens with two attached hydrogens (primary N) is 1. The zero-order valence-electron chi connectivity index (χ0n) is 15.6. The topological polar surface area (TPSA) is 86.7 Å². The van der Waals surface area contributed by atoms with Gasteiger partial charge in [0.15, 0.2) is 5.76 Å². The van der Waals surface area contributed by atoms with Crippen molar-refractivity contribution in [1.82, 2.24) is 5.32 Å². The van der Waals surface area contributed by atoms with Gasteiger partial charge in [0.05, 0.1) is 14.2 Å². The quantitative estimate of drug-likeness (QED) is 0.859. The molecule has 0 aliphatic heterocycles. The van der Waals surface area contributed by atoms with E-state index in [1.54, 1.807) is 20.3 Å². The fourth-order valence-corrected chi connectivity index (χ4v) is 3.22. The Morgan fingerprint density at radius 3 is 2.69 bits per heavy atom. The molecule has 2 aromatic rings. The minimum atomic E-state index is -0.264. The molecule has 1 aromatic carbocycles. The van der Waals surface area contributed by atoms with E-state index in [0.717, 1.165) is 46.6 Å². The highest BCUT2D eigenvalue weighted by Crippen LogP contribution is 2.34. The summed E-state index contributed by atoms with van der Waals surface area (Å²) in [6, 6.07) is 5.48. The third kappa shape index (κ3) is 3.14. The minimum absolute atomic E-state index is 0.264. The highest BCUT2D eigenvalue weighted by molar-refractivity contribution is 5.95. The van der Waals surface area contributed by atoms with Crippen LogP contribution in [0.1, 0.15) is 46.3 Å². The molecule has 1 aromatic heterocycles. The molecular formula is C20H24N2O4. The van der Waals surface area contributed by atoms with E-state index in [9.17, 15) is 4.79 Å². The number of methoxy groups -OCH3 is 2. The summed E-state index contributed by atoms with van der Waals surface area (Å²) >= 11 is 0. The number of allylic oxidation sites excluding steroid dienone is 1. The number of nitrogens with one attached hydrogen (secondary N) is 1. The molecule has 138 valence electrons. The van der Waals surface area contributed by atoms with Gasteiger partial charge < -0.3 is 24.9 Å². The second-order valence-corrected chi connectivity index (χ2v) is 6.41. The predicted octanol–water partition coefficient (Wildman–Crippen LogP) is 3.17. The van der Waals surface area contributed by atoms with Crippen LogP contribution >= 0.6 is 0 Å². The second kappa shape index (κ2) is 7.15. The average Bonchev–Trinajstić information content (AvgIpc) is 2.99. The SMILES string of the molecule is COc1ccc(CNC(=O)c2oc3c(c2C)C(N)=C(C)CC3)c(OC)c1. The van der Waals surface area contributed by atoms with Gasteiger partial charge in [-0.15, -0.1) is 0 Å². The van der Waals surface area contributed by atoms with E-state index in [2.05, 4.69) is 5.32 Å². The van der Waals surface area contributed by atoms with Crippen molar-refractivity contribution in [2.24, 2.45) is 5.73 Å². The summed E-state index contributed by atoms with van der Waals surface area (Å²) in [7, 11) is 3.18. The number of benzene rings is 1. The molecule has 0 unspecified atom stereocenters. The molecule has 0 bridgehead atoms. The molecule has 1 aliphatic carbocycles. The first-order valence-electron chi connectivity index (χ1n) is 8.53. The first-order valence-corrected chi connectivity index (χ1v) is 8.53. The van der Waals surface area contributed by atoms with Crippen LogP contribution in [0.25, 0.3) is 5.70 Å². The Bertz CT molecular complexity index is 880. The lowest BCUT2D eigenvalue weighted by atomic mass is 9.93. The number of hydrogen-bond donors (Lipinski definition) is 2. The Morgan fingerprint density at radius 2 is 2.00 bits per heavy atom. The number of carbonyl (C=O) groups is 1. The van der Waals surface area contributed by atoms with Crippen molar-refractivity contribution in [3.63, 3.8) is 0 Å². The van der Waals surface area contributed by atoms with Crippen LogP contribution in [0, 0.1) is 6.92 Å². The lowest BCUT2D eigenvalue weighted by Gasteiger charge is -2.14. The average molecular weight is 356 g/mol. The van der Waals surface area contributed by atoms with Crippen LogP contribution < -0.4 is 20.5 Å². The zero-order chi connectivity index (χ0) is 18.8. The predicted molar refractivity (Wildman–Crippen MR) is 99.3 cm³/mol. The summed E-state index contributed by atoms with van der Waals surface area (Å²) in [4.78, 5) is 12.6. The molecule has 3 rings (SSSR count). The molecule has 0 saturated carbocycles. The molecule has 0 saturated heterocycles. The van der Waals surface area contributed by atoms with Crippen LogP contribution in [0.2, 0.25) is 0 Å². The van der Waals surface area contributed by atoms with Gasteiger partial charge in [-0.1, -0.05) is 0 Å². The monoisotopic (exact) mass is 356 g/mol. The molecular weight excluding hydrogens is 332 g/mol. The number of aryl methyl sites for hydroxylation is 1. The van der Waals surface area contributed by atoms with E-state index in [0.29, 0.717) is 23.8 Å². The number of carbonyl (C=O) groups excluding carboxylic acids is 1. The molecule has 1 amide bonds. The van der Waals surface area contributed by atoms with E-state index < -0.39 is 0 Å². The smallest absolute Gasteiger partial charge is 0.287 e. The Kier molecular flexibility index (Phi) is 4.93. The number of amides is 1. The summed E-state index contributed by atoms with van der Waals surface area (Å²) in [6.07, 6.45) is 1.62. The van der Waals surface area contributed by atoms with Crippen molar-refractivity contribution < 1.29 is 18.7 Å². The molecule has 1 aliphatic rings. The molecule has 3 N–H and O–H groups in total. The largest absolute Gasteiger partial charge is 0.497 e. The number of ether oxygens (including phenoxy) is 2. The van der Waals surface area contributed by atoms with Crippen molar-refractivity contribution in [3.8, 4) is 11.5 Å². The van der Waals surface area contributed by atoms with Crippen molar-refractivity contribution in [2.45, 2.75) is 33.2 Å². The third-order valence-corrected chi connectivity index (χ3v) is 4.82. The first kappa shape index (κ1) is 17.9. The van der Waals surface area contributed by atoms with Crippen LogP contribution in [0.5, 0.6) is 11.5 Å². The standard InChI is InChI=1S/C20H24N2O4/c1-11-5-8-15-17(18(11)21)12(2)19(26-15)20(23)22-10-13-6-7-14(24-3)9-16(13)25-4/h6-7,9H,5,8,10,21H2,1-4H3,(H,22,23). The molecule has 26 heavy (non-hydrogen) atoms. The van der Waals surface area contributed by atoms with Crippen LogP contribution in [0.3, 0.4) is 0 Å². The van der Waals surface area contributed by atoms with Gasteiger partial charge in [0, 0.05) is 41.4 Å². The van der Waals surface area contributed by atoms with Gasteiger partial charge in [-0.05, 0) is 38.0 Å². The maximum absolute atomic E-state index is 12.6. The van der Waals surface area contributed by atoms with E-state index in [1.807, 2.05) is 26.0 Å². The van der Waals surface area contributed by atoms with Gasteiger partial charge in [-0.3, -0.25) is 4.79 Å². The number of hydrogen-bond acceptors (Lipinski definition) is 5. The van der Waals surface area contributed by atoms with Crippen molar-refractivity contribution in [1.29, 1.82) is 0 Å². The maximum Gasteiger partial charge on any atom is 0.287 e. The van der Waals surface area contributed by atoms with Crippen molar-refractivity contribution in [2.75, 3.05) is 14.2 Å². The fraction of sp³-hybridized carbons (Fsp3) is 0.350. The van der Waals surface area contributed by atoms with Crippen LogP contribution in [-0.4, -0.2) is 20.1 Å². The van der Waals surface area contributed by atoms with Gasteiger partial charge in [-0.2, -0.15) is 0 Å². The lowest BCUT2D eigenvalue weighted by molar-refractivity contribution is 0.0920. The van der Waals surface area contributed by atoms with Crippen LogP contribution in [0.4, 0.5) is 0 Å². The molecule has 1 heterocycles. The number of rotatable bonds is 5. The summed E-state index contributed by atoms with van der Waals surface area (Å²) in [6.45, 7) is 4.21.